The summed E-state index contributed by atoms with van der Waals surface area (Å²) in [6.07, 6.45) is 0.927. The van der Waals surface area contributed by atoms with Gasteiger partial charge in [0.25, 0.3) is 0 Å². The Morgan fingerprint density at radius 2 is 1.76 bits per heavy atom. The summed E-state index contributed by atoms with van der Waals surface area (Å²) in [4.78, 5) is 21.7. The number of nitrogens with zero attached hydrogens (tertiary/aromatic N) is 3. The summed E-state index contributed by atoms with van der Waals surface area (Å²) in [5.74, 6) is 0.0315. The summed E-state index contributed by atoms with van der Waals surface area (Å²) < 4.78 is 0. The van der Waals surface area contributed by atoms with Crippen LogP contribution in [0.25, 0.3) is 0 Å². The van der Waals surface area contributed by atoms with Crippen molar-refractivity contribution < 1.29 is 4.79 Å². The van der Waals surface area contributed by atoms with Gasteiger partial charge in [-0.05, 0) is 44.3 Å². The predicted molar refractivity (Wildman–Crippen MR) is 128 cm³/mol. The first kappa shape index (κ1) is 25.4. The molecule has 0 N–H and O–H groups in total. The minimum Gasteiger partial charge on any atom is -0.310 e. The third-order valence-electron chi connectivity index (χ3n) is 4.98. The summed E-state index contributed by atoms with van der Waals surface area (Å²) in [6, 6.07) is 15.7. The highest BCUT2D eigenvalue weighted by molar-refractivity contribution is 6.32. The Morgan fingerprint density at radius 1 is 1.07 bits per heavy atom. The maximum absolute atomic E-state index is 12.8. The highest BCUT2D eigenvalue weighted by Crippen LogP contribution is 2.29. The van der Waals surface area contributed by atoms with Crippen molar-refractivity contribution in [1.29, 1.82) is 0 Å². The Morgan fingerprint density at radius 3 is 2.41 bits per heavy atom. The Balaban J connectivity index is 0.00000210. The van der Waals surface area contributed by atoms with Crippen molar-refractivity contribution in [3.63, 3.8) is 0 Å². The van der Waals surface area contributed by atoms with Crippen molar-refractivity contribution in [2.75, 3.05) is 37.6 Å². The summed E-state index contributed by atoms with van der Waals surface area (Å²) in [7, 11) is 0. The van der Waals surface area contributed by atoms with E-state index in [1.54, 1.807) is 0 Å². The molecule has 29 heavy (non-hydrogen) atoms. The van der Waals surface area contributed by atoms with Crippen LogP contribution in [0, 0.1) is 0 Å². The van der Waals surface area contributed by atoms with E-state index in [1.165, 1.54) is 0 Å². The first-order valence-electron chi connectivity index (χ1n) is 9.56. The predicted octanol–water partition coefficient (Wildman–Crippen LogP) is 5.10. The van der Waals surface area contributed by atoms with Crippen molar-refractivity contribution >= 4 is 53.7 Å². The lowest BCUT2D eigenvalue weighted by Crippen LogP contribution is -2.35. The first-order chi connectivity index (χ1) is 13.1. The largest absolute Gasteiger partial charge is 0.310 e. The molecule has 1 amide bonds. The van der Waals surface area contributed by atoms with Gasteiger partial charge in [-0.2, -0.15) is 0 Å². The van der Waals surface area contributed by atoms with Gasteiger partial charge in [0.15, 0.2) is 0 Å². The number of carbonyl (C=O) groups excluding carboxylic acids is 1. The number of anilines is 1. The van der Waals surface area contributed by atoms with Gasteiger partial charge in [0, 0.05) is 22.7 Å². The number of hydrogen-bond donors (Lipinski definition) is 0. The second-order valence-electron chi connectivity index (χ2n) is 6.62. The fourth-order valence-electron chi connectivity index (χ4n) is 3.47. The van der Waals surface area contributed by atoms with Crippen LogP contribution in [0.1, 0.15) is 31.4 Å². The van der Waals surface area contributed by atoms with Crippen molar-refractivity contribution in [3.8, 4) is 0 Å². The van der Waals surface area contributed by atoms with Gasteiger partial charge in [0.2, 0.25) is 5.91 Å². The molecule has 1 aliphatic heterocycles. The zero-order valence-electron chi connectivity index (χ0n) is 16.8. The molecule has 2 aromatic rings. The lowest BCUT2D eigenvalue weighted by molar-refractivity contribution is -0.117. The zero-order chi connectivity index (χ0) is 19.2. The Hall–Kier alpha value is -1.59. The molecule has 3 rings (SSSR count). The van der Waals surface area contributed by atoms with E-state index in [1.807, 2.05) is 53.4 Å². The van der Waals surface area contributed by atoms with Crippen molar-refractivity contribution in [2.24, 2.45) is 4.99 Å². The standard InChI is InChI=1S/C22H26ClN3O.2ClH/c1-3-25(4-2)13-8-14-26-20-12-11-18(23)15-19(20)22(24-16-21(26)27)17-9-6-5-7-10-17;;/h5-7,9-12,15H,3-4,8,13-14,16H2,1-2H3;2*1H. The summed E-state index contributed by atoms with van der Waals surface area (Å²) in [6.45, 7) is 8.20. The normalized spacial score (nSPS) is 13.2. The lowest BCUT2D eigenvalue weighted by Gasteiger charge is -2.25. The molecule has 0 saturated carbocycles. The minimum absolute atomic E-state index is 0. The Labute approximate surface area is 190 Å². The van der Waals surface area contributed by atoms with Crippen LogP contribution in [0.2, 0.25) is 5.02 Å². The highest BCUT2D eigenvalue weighted by Gasteiger charge is 2.25. The van der Waals surface area contributed by atoms with E-state index < -0.39 is 0 Å². The van der Waals surface area contributed by atoms with Crippen LogP contribution >= 0.6 is 36.4 Å². The van der Waals surface area contributed by atoms with Gasteiger partial charge in [-0.1, -0.05) is 55.8 Å². The molecule has 2 aromatic carbocycles. The van der Waals surface area contributed by atoms with E-state index in [2.05, 4.69) is 23.7 Å². The van der Waals surface area contributed by atoms with Gasteiger partial charge < -0.3 is 9.80 Å². The van der Waals surface area contributed by atoms with Gasteiger partial charge >= 0.3 is 0 Å². The number of fused-ring (bicyclic) bond motifs is 1. The number of hydrogen-bond acceptors (Lipinski definition) is 3. The van der Waals surface area contributed by atoms with Crippen LogP contribution in [0.4, 0.5) is 5.69 Å². The number of carbonyl (C=O) groups is 1. The molecule has 1 aliphatic rings. The topological polar surface area (TPSA) is 35.9 Å². The van der Waals surface area contributed by atoms with E-state index in [-0.39, 0.29) is 37.3 Å². The molecule has 1 heterocycles. The number of rotatable bonds is 7. The Bertz CT molecular complexity index is 823. The molecule has 4 nitrogen and oxygen atoms in total. The van der Waals surface area contributed by atoms with E-state index in [0.29, 0.717) is 11.6 Å². The molecule has 0 radical (unpaired) electrons. The maximum Gasteiger partial charge on any atom is 0.248 e. The van der Waals surface area contributed by atoms with Crippen LogP contribution in [-0.2, 0) is 4.79 Å². The monoisotopic (exact) mass is 455 g/mol. The van der Waals surface area contributed by atoms with E-state index >= 15 is 0 Å². The molecule has 7 heteroatoms. The molecule has 0 aliphatic carbocycles. The van der Waals surface area contributed by atoms with Crippen LogP contribution in [0.5, 0.6) is 0 Å². The van der Waals surface area contributed by atoms with Crippen molar-refractivity contribution in [1.82, 2.24) is 4.90 Å². The van der Waals surface area contributed by atoms with Gasteiger partial charge in [-0.15, -0.1) is 24.8 Å². The van der Waals surface area contributed by atoms with Crippen LogP contribution in [-0.4, -0.2) is 49.2 Å². The average Bonchev–Trinajstić information content (AvgIpc) is 2.82. The summed E-state index contributed by atoms with van der Waals surface area (Å²) in [5.41, 5.74) is 3.64. The second-order valence-corrected chi connectivity index (χ2v) is 7.05. The maximum atomic E-state index is 12.8. The van der Waals surface area contributed by atoms with Crippen LogP contribution in [0.3, 0.4) is 0 Å². The van der Waals surface area contributed by atoms with Gasteiger partial charge in [0.1, 0.15) is 6.54 Å². The quantitative estimate of drug-likeness (QED) is 0.581. The minimum atomic E-state index is 0. The van der Waals surface area contributed by atoms with Gasteiger partial charge in [0.05, 0.1) is 11.4 Å². The highest BCUT2D eigenvalue weighted by atomic mass is 35.5. The van der Waals surface area contributed by atoms with E-state index in [9.17, 15) is 4.79 Å². The van der Waals surface area contributed by atoms with Gasteiger partial charge in [-0.3, -0.25) is 9.79 Å². The molecule has 0 aromatic heterocycles. The fourth-order valence-corrected chi connectivity index (χ4v) is 3.64. The molecule has 0 unspecified atom stereocenters. The zero-order valence-corrected chi connectivity index (χ0v) is 19.2. The molecular formula is C22H28Cl3N3O. The lowest BCUT2D eigenvalue weighted by atomic mass is 10.00. The number of amides is 1. The fraction of sp³-hybridized carbons (Fsp3) is 0.364. The summed E-state index contributed by atoms with van der Waals surface area (Å²) >= 11 is 6.29. The number of benzene rings is 2. The molecular weight excluding hydrogens is 429 g/mol. The van der Waals surface area contributed by atoms with Crippen LogP contribution < -0.4 is 4.90 Å². The van der Waals surface area contributed by atoms with E-state index in [4.69, 9.17) is 11.6 Å². The SMILES string of the molecule is CCN(CC)CCCN1C(=O)CN=C(c2ccccc2)c2cc(Cl)ccc21.Cl.Cl. The summed E-state index contributed by atoms with van der Waals surface area (Å²) in [5, 5.41) is 0.648. The molecule has 0 saturated heterocycles. The third kappa shape index (κ3) is 6.19. The molecule has 158 valence electrons. The van der Waals surface area contributed by atoms with Crippen molar-refractivity contribution in [3.05, 3.63) is 64.7 Å². The van der Waals surface area contributed by atoms with Gasteiger partial charge in [-0.25, -0.2) is 0 Å². The molecule has 0 atom stereocenters. The number of aliphatic imine (C=N–C) groups is 1. The number of halogens is 3. The molecule has 0 bridgehead atoms. The smallest absolute Gasteiger partial charge is 0.248 e. The molecule has 0 spiro atoms. The first-order valence-corrected chi connectivity index (χ1v) is 9.94. The van der Waals surface area contributed by atoms with E-state index in [0.717, 1.165) is 48.6 Å². The number of benzodiazepines with no additional fused rings is 1. The second kappa shape index (κ2) is 12.2. The third-order valence-corrected chi connectivity index (χ3v) is 5.21. The molecule has 0 fully saturated rings. The van der Waals surface area contributed by atoms with Crippen molar-refractivity contribution in [2.45, 2.75) is 20.3 Å². The average molecular weight is 457 g/mol. The Kier molecular flexibility index (Phi) is 10.7. The van der Waals surface area contributed by atoms with Crippen LogP contribution in [0.15, 0.2) is 53.5 Å².